The molecule has 4 N–H and O–H groups in total. The Morgan fingerprint density at radius 2 is 1.40 bits per heavy atom. The van der Waals surface area contributed by atoms with Gasteiger partial charge in [0.05, 0.1) is 6.61 Å². The lowest BCUT2D eigenvalue weighted by Gasteiger charge is -2.12. The third-order valence-corrected chi connectivity index (χ3v) is 6.00. The van der Waals surface area contributed by atoms with E-state index in [0.717, 1.165) is 17.5 Å². The van der Waals surface area contributed by atoms with Gasteiger partial charge in [-0.3, -0.25) is 30.6 Å². The maximum atomic E-state index is 12.6. The minimum atomic E-state index is -0.470. The summed E-state index contributed by atoms with van der Waals surface area (Å²) in [6.07, 6.45) is 0.746. The van der Waals surface area contributed by atoms with Gasteiger partial charge in [-0.25, -0.2) is 0 Å². The van der Waals surface area contributed by atoms with Gasteiger partial charge in [-0.15, -0.1) is 0 Å². The van der Waals surface area contributed by atoms with Gasteiger partial charge in [-0.2, -0.15) is 0 Å². The Labute approximate surface area is 237 Å². The first-order valence-electron chi connectivity index (χ1n) is 12.5. The molecule has 9 heteroatoms. The molecular formula is C31H28N4O4S. The van der Waals surface area contributed by atoms with E-state index >= 15 is 0 Å². The van der Waals surface area contributed by atoms with Gasteiger partial charge >= 0.3 is 0 Å². The Morgan fingerprint density at radius 3 is 2.12 bits per heavy atom. The molecule has 0 bridgehead atoms. The fourth-order valence-electron chi connectivity index (χ4n) is 3.75. The van der Waals surface area contributed by atoms with E-state index in [0.29, 0.717) is 34.7 Å². The number of ether oxygens (including phenoxy) is 1. The molecule has 4 rings (SSSR count). The number of anilines is 1. The van der Waals surface area contributed by atoms with Crippen LogP contribution < -0.4 is 26.2 Å². The summed E-state index contributed by atoms with van der Waals surface area (Å²) in [5.74, 6) is -0.599. The highest BCUT2D eigenvalue weighted by molar-refractivity contribution is 7.80. The summed E-state index contributed by atoms with van der Waals surface area (Å²) < 4.78 is 5.78. The van der Waals surface area contributed by atoms with Crippen LogP contribution in [0.2, 0.25) is 0 Å². The molecule has 0 unspecified atom stereocenters. The summed E-state index contributed by atoms with van der Waals surface area (Å²) >= 11 is 5.14. The van der Waals surface area contributed by atoms with E-state index in [9.17, 15) is 14.4 Å². The maximum absolute atomic E-state index is 12.6. The van der Waals surface area contributed by atoms with Gasteiger partial charge in [0.1, 0.15) is 5.75 Å². The molecule has 0 atom stereocenters. The number of hydrogen-bond acceptors (Lipinski definition) is 5. The normalized spacial score (nSPS) is 10.2. The van der Waals surface area contributed by atoms with Crippen molar-refractivity contribution >= 4 is 40.7 Å². The number of carbonyl (C=O) groups excluding carboxylic acids is 3. The van der Waals surface area contributed by atoms with Crippen molar-refractivity contribution in [1.29, 1.82) is 0 Å². The van der Waals surface area contributed by atoms with Crippen molar-refractivity contribution in [3.8, 4) is 5.75 Å². The summed E-state index contributed by atoms with van der Waals surface area (Å²) in [6, 6.07) is 30.4. The number of amides is 3. The predicted molar refractivity (Wildman–Crippen MR) is 158 cm³/mol. The monoisotopic (exact) mass is 552 g/mol. The highest BCUT2D eigenvalue weighted by Crippen LogP contribution is 2.15. The smallest absolute Gasteiger partial charge is 0.269 e. The molecule has 8 nitrogen and oxygen atoms in total. The molecule has 40 heavy (non-hydrogen) atoms. The molecule has 0 aliphatic rings. The lowest BCUT2D eigenvalue weighted by atomic mass is 10.1. The molecule has 0 fully saturated rings. The summed E-state index contributed by atoms with van der Waals surface area (Å²) in [4.78, 5) is 37.5. The van der Waals surface area contributed by atoms with Crippen LogP contribution in [0.4, 0.5) is 5.69 Å². The van der Waals surface area contributed by atoms with E-state index in [1.165, 1.54) is 0 Å². The molecule has 0 heterocycles. The first kappa shape index (κ1) is 28.0. The number of hydrazine groups is 1. The Kier molecular flexibility index (Phi) is 9.58. The van der Waals surface area contributed by atoms with Crippen molar-refractivity contribution in [1.82, 2.24) is 16.2 Å². The Bertz CT molecular complexity index is 1510. The van der Waals surface area contributed by atoms with Crippen LogP contribution in [-0.4, -0.2) is 29.4 Å². The number of hydrogen-bond donors (Lipinski definition) is 4. The zero-order valence-electron chi connectivity index (χ0n) is 21.8. The predicted octanol–water partition coefficient (Wildman–Crippen LogP) is 4.82. The number of nitrogens with one attached hydrogen (secondary N) is 4. The molecule has 0 aliphatic heterocycles. The van der Waals surface area contributed by atoms with Gasteiger partial charge in [-0.1, -0.05) is 54.1 Å². The molecule has 0 spiro atoms. The van der Waals surface area contributed by atoms with Crippen molar-refractivity contribution in [3.05, 3.63) is 131 Å². The van der Waals surface area contributed by atoms with E-state index in [-0.39, 0.29) is 11.0 Å². The Morgan fingerprint density at radius 1 is 0.700 bits per heavy atom. The van der Waals surface area contributed by atoms with Crippen molar-refractivity contribution in [2.45, 2.75) is 13.3 Å². The zero-order valence-corrected chi connectivity index (χ0v) is 22.6. The number of benzene rings is 4. The van der Waals surface area contributed by atoms with Crippen LogP contribution in [0.3, 0.4) is 0 Å². The van der Waals surface area contributed by atoms with Crippen LogP contribution in [0, 0.1) is 6.92 Å². The van der Waals surface area contributed by atoms with E-state index in [2.05, 4.69) is 21.5 Å². The van der Waals surface area contributed by atoms with E-state index in [1.54, 1.807) is 60.7 Å². The Balaban J connectivity index is 1.22. The van der Waals surface area contributed by atoms with Crippen LogP contribution in [0.25, 0.3) is 0 Å². The molecule has 0 saturated heterocycles. The fraction of sp³-hybridized carbons (Fsp3) is 0.0968. The van der Waals surface area contributed by atoms with Crippen molar-refractivity contribution in [2.24, 2.45) is 0 Å². The van der Waals surface area contributed by atoms with Gasteiger partial charge in [0.2, 0.25) is 0 Å². The van der Waals surface area contributed by atoms with Crippen LogP contribution in [0.15, 0.2) is 103 Å². The summed E-state index contributed by atoms with van der Waals surface area (Å²) in [5, 5.41) is 5.25. The maximum Gasteiger partial charge on any atom is 0.269 e. The third kappa shape index (κ3) is 8.24. The summed E-state index contributed by atoms with van der Waals surface area (Å²) in [5.41, 5.74) is 8.89. The van der Waals surface area contributed by atoms with Crippen LogP contribution in [0.1, 0.15) is 42.2 Å². The number of aryl methyl sites for hydroxylation is 1. The standard InChI is InChI=1S/C31H28N4O4S/c1-21-7-5-10-24(19-21)28(36)32-26-15-13-23(14-16-26)30(38)34-35-31(40)33-29(37)25-11-6-12-27(20-25)39-18-17-22-8-3-2-4-9-22/h2-16,19-20H,17-18H2,1H3,(H,32,36)(H,34,38)(H2,33,35,37,40). The van der Waals surface area contributed by atoms with Crippen LogP contribution in [-0.2, 0) is 6.42 Å². The van der Waals surface area contributed by atoms with Gasteiger partial charge in [0.15, 0.2) is 5.11 Å². The highest BCUT2D eigenvalue weighted by Gasteiger charge is 2.12. The SMILES string of the molecule is Cc1cccc(C(=O)Nc2ccc(C(=O)NNC(=S)NC(=O)c3cccc(OCCc4ccccc4)c3)cc2)c1. The quantitative estimate of drug-likeness (QED) is 0.184. The molecule has 4 aromatic carbocycles. The van der Waals surface area contributed by atoms with Crippen molar-refractivity contribution in [2.75, 3.05) is 11.9 Å². The number of rotatable bonds is 8. The lowest BCUT2D eigenvalue weighted by molar-refractivity contribution is 0.0934. The summed E-state index contributed by atoms with van der Waals surface area (Å²) in [7, 11) is 0. The van der Waals surface area contributed by atoms with Gasteiger partial charge in [0, 0.05) is 28.8 Å². The average molecular weight is 553 g/mol. The van der Waals surface area contributed by atoms with Gasteiger partial charge in [0.25, 0.3) is 17.7 Å². The zero-order chi connectivity index (χ0) is 28.3. The first-order valence-corrected chi connectivity index (χ1v) is 12.9. The topological polar surface area (TPSA) is 109 Å². The number of thiocarbonyl (C=S) groups is 1. The molecule has 202 valence electrons. The molecule has 4 aromatic rings. The van der Waals surface area contributed by atoms with Crippen LogP contribution >= 0.6 is 12.2 Å². The second-order valence-electron chi connectivity index (χ2n) is 8.88. The van der Waals surface area contributed by atoms with Crippen molar-refractivity contribution < 1.29 is 19.1 Å². The Hall–Kier alpha value is -5.02. The van der Waals surface area contributed by atoms with Gasteiger partial charge in [-0.05, 0) is 79.3 Å². The lowest BCUT2D eigenvalue weighted by Crippen LogP contribution is -2.48. The van der Waals surface area contributed by atoms with Gasteiger partial charge < -0.3 is 10.1 Å². The third-order valence-electron chi connectivity index (χ3n) is 5.80. The molecule has 0 aliphatic carbocycles. The fourth-order valence-corrected chi connectivity index (χ4v) is 3.89. The van der Waals surface area contributed by atoms with Crippen molar-refractivity contribution in [3.63, 3.8) is 0 Å². The second kappa shape index (κ2) is 13.7. The minimum Gasteiger partial charge on any atom is -0.493 e. The molecular weight excluding hydrogens is 524 g/mol. The van der Waals surface area contributed by atoms with E-state index in [1.807, 2.05) is 49.4 Å². The summed E-state index contributed by atoms with van der Waals surface area (Å²) in [6.45, 7) is 2.39. The highest BCUT2D eigenvalue weighted by atomic mass is 32.1. The largest absolute Gasteiger partial charge is 0.493 e. The second-order valence-corrected chi connectivity index (χ2v) is 9.28. The average Bonchev–Trinajstić information content (AvgIpc) is 2.97. The molecule has 3 amide bonds. The van der Waals surface area contributed by atoms with E-state index in [4.69, 9.17) is 17.0 Å². The minimum absolute atomic E-state index is 0.0733. The van der Waals surface area contributed by atoms with Crippen LogP contribution in [0.5, 0.6) is 5.75 Å². The van der Waals surface area contributed by atoms with E-state index < -0.39 is 11.8 Å². The molecule has 0 saturated carbocycles. The molecule has 0 radical (unpaired) electrons. The molecule has 0 aromatic heterocycles. The number of carbonyl (C=O) groups is 3. The first-order chi connectivity index (χ1) is 19.4.